The molecular formula is C18H24N2. The van der Waals surface area contributed by atoms with Gasteiger partial charge in [0.15, 0.2) is 0 Å². The van der Waals surface area contributed by atoms with Crippen LogP contribution in [-0.4, -0.2) is 6.54 Å². The minimum Gasteiger partial charge on any atom is -0.377 e. The number of hydrogen-bond donors (Lipinski definition) is 2. The summed E-state index contributed by atoms with van der Waals surface area (Å²) < 4.78 is 0. The molecule has 2 aromatic rings. The van der Waals surface area contributed by atoms with Gasteiger partial charge >= 0.3 is 0 Å². The van der Waals surface area contributed by atoms with Gasteiger partial charge in [-0.15, -0.1) is 0 Å². The maximum Gasteiger partial charge on any atom is 0.0638 e. The average molecular weight is 268 g/mol. The van der Waals surface area contributed by atoms with Gasteiger partial charge in [-0.2, -0.15) is 0 Å². The van der Waals surface area contributed by atoms with Crippen molar-refractivity contribution >= 4 is 5.69 Å². The number of para-hydroxylation sites is 1. The molecule has 2 heteroatoms. The molecule has 0 radical (unpaired) electrons. The molecule has 20 heavy (non-hydrogen) atoms. The van der Waals surface area contributed by atoms with Gasteiger partial charge in [0.25, 0.3) is 0 Å². The molecule has 2 aromatic carbocycles. The standard InChI is InChI=1S/C18H24N2/c1-12-7-5-6-8-17(12)20-18(11-19)16-10-14(3)13(2)9-15(16)4/h5-10,18,20H,11,19H2,1-4H3. The van der Waals surface area contributed by atoms with E-state index in [-0.39, 0.29) is 6.04 Å². The summed E-state index contributed by atoms with van der Waals surface area (Å²) >= 11 is 0. The van der Waals surface area contributed by atoms with Crippen LogP contribution in [0.2, 0.25) is 0 Å². The van der Waals surface area contributed by atoms with E-state index in [2.05, 4.69) is 69.4 Å². The quantitative estimate of drug-likeness (QED) is 0.878. The lowest BCUT2D eigenvalue weighted by Crippen LogP contribution is -2.22. The van der Waals surface area contributed by atoms with Crippen molar-refractivity contribution in [1.29, 1.82) is 0 Å². The summed E-state index contributed by atoms with van der Waals surface area (Å²) in [5.74, 6) is 0. The normalized spacial score (nSPS) is 12.2. The van der Waals surface area contributed by atoms with Crippen LogP contribution in [0.4, 0.5) is 5.69 Å². The minimum absolute atomic E-state index is 0.149. The van der Waals surface area contributed by atoms with Crippen molar-refractivity contribution in [2.75, 3.05) is 11.9 Å². The van der Waals surface area contributed by atoms with E-state index in [9.17, 15) is 0 Å². The molecule has 0 aliphatic heterocycles. The van der Waals surface area contributed by atoms with Crippen LogP contribution in [0.1, 0.15) is 33.9 Å². The maximum absolute atomic E-state index is 6.00. The Kier molecular flexibility index (Phi) is 4.46. The summed E-state index contributed by atoms with van der Waals surface area (Å²) in [6, 6.07) is 13.0. The molecule has 0 aliphatic carbocycles. The zero-order chi connectivity index (χ0) is 14.7. The Hall–Kier alpha value is -1.80. The Morgan fingerprint density at radius 1 is 0.900 bits per heavy atom. The van der Waals surface area contributed by atoms with E-state index in [1.54, 1.807) is 0 Å². The number of nitrogens with one attached hydrogen (secondary N) is 1. The average Bonchev–Trinajstić information content (AvgIpc) is 2.42. The molecule has 0 bridgehead atoms. The number of aryl methyl sites for hydroxylation is 4. The van der Waals surface area contributed by atoms with E-state index >= 15 is 0 Å². The Balaban J connectivity index is 2.34. The van der Waals surface area contributed by atoms with E-state index in [1.165, 1.54) is 27.8 Å². The number of anilines is 1. The lowest BCUT2D eigenvalue weighted by Gasteiger charge is -2.23. The van der Waals surface area contributed by atoms with Gasteiger partial charge in [-0.1, -0.05) is 30.3 Å². The minimum atomic E-state index is 0.149. The first-order valence-electron chi connectivity index (χ1n) is 7.13. The van der Waals surface area contributed by atoms with Crippen LogP contribution in [0.25, 0.3) is 0 Å². The molecule has 0 aliphatic rings. The fraction of sp³-hybridized carbons (Fsp3) is 0.333. The monoisotopic (exact) mass is 268 g/mol. The third kappa shape index (κ3) is 3.02. The first kappa shape index (κ1) is 14.6. The molecule has 0 saturated heterocycles. The highest BCUT2D eigenvalue weighted by Gasteiger charge is 2.14. The summed E-state index contributed by atoms with van der Waals surface area (Å²) in [5, 5.41) is 3.58. The van der Waals surface area contributed by atoms with Crippen LogP contribution in [-0.2, 0) is 0 Å². The Morgan fingerprint density at radius 3 is 2.20 bits per heavy atom. The molecule has 3 N–H and O–H groups in total. The summed E-state index contributed by atoms with van der Waals surface area (Å²) in [5.41, 5.74) is 13.6. The highest BCUT2D eigenvalue weighted by molar-refractivity contribution is 5.53. The molecule has 0 aromatic heterocycles. The second kappa shape index (κ2) is 6.10. The Bertz CT molecular complexity index is 602. The van der Waals surface area contributed by atoms with Crippen LogP contribution >= 0.6 is 0 Å². The van der Waals surface area contributed by atoms with Crippen molar-refractivity contribution in [2.45, 2.75) is 33.7 Å². The van der Waals surface area contributed by atoms with E-state index in [4.69, 9.17) is 5.73 Å². The summed E-state index contributed by atoms with van der Waals surface area (Å²) in [6.07, 6.45) is 0. The van der Waals surface area contributed by atoms with Crippen molar-refractivity contribution in [3.05, 3.63) is 64.2 Å². The molecule has 106 valence electrons. The van der Waals surface area contributed by atoms with E-state index < -0.39 is 0 Å². The smallest absolute Gasteiger partial charge is 0.0638 e. The zero-order valence-electron chi connectivity index (χ0n) is 12.8. The van der Waals surface area contributed by atoms with E-state index in [0.717, 1.165) is 5.69 Å². The number of hydrogen-bond acceptors (Lipinski definition) is 2. The number of nitrogens with two attached hydrogens (primary N) is 1. The largest absolute Gasteiger partial charge is 0.377 e. The van der Waals surface area contributed by atoms with Crippen molar-refractivity contribution in [1.82, 2.24) is 0 Å². The highest BCUT2D eigenvalue weighted by Crippen LogP contribution is 2.26. The molecule has 1 atom stereocenters. The van der Waals surface area contributed by atoms with Crippen LogP contribution in [0.3, 0.4) is 0 Å². The van der Waals surface area contributed by atoms with Gasteiger partial charge < -0.3 is 11.1 Å². The maximum atomic E-state index is 6.00. The van der Waals surface area contributed by atoms with Crippen molar-refractivity contribution in [2.24, 2.45) is 5.73 Å². The molecule has 0 spiro atoms. The van der Waals surface area contributed by atoms with Crippen LogP contribution in [0.5, 0.6) is 0 Å². The molecule has 0 fully saturated rings. The van der Waals surface area contributed by atoms with E-state index in [1.807, 2.05) is 0 Å². The lowest BCUT2D eigenvalue weighted by atomic mass is 9.95. The lowest BCUT2D eigenvalue weighted by molar-refractivity contribution is 0.781. The zero-order valence-corrected chi connectivity index (χ0v) is 12.8. The van der Waals surface area contributed by atoms with Gasteiger partial charge in [0.2, 0.25) is 0 Å². The molecule has 0 saturated carbocycles. The van der Waals surface area contributed by atoms with Crippen molar-refractivity contribution < 1.29 is 0 Å². The van der Waals surface area contributed by atoms with Gasteiger partial charge in [0.1, 0.15) is 0 Å². The molecule has 2 nitrogen and oxygen atoms in total. The van der Waals surface area contributed by atoms with Gasteiger partial charge in [-0.25, -0.2) is 0 Å². The third-order valence-corrected chi connectivity index (χ3v) is 3.97. The summed E-state index contributed by atoms with van der Waals surface area (Å²) in [6.45, 7) is 9.16. The first-order chi connectivity index (χ1) is 9.52. The molecular weight excluding hydrogens is 244 g/mol. The predicted molar refractivity (Wildman–Crippen MR) is 87.3 cm³/mol. The fourth-order valence-corrected chi connectivity index (χ4v) is 2.54. The second-order valence-electron chi connectivity index (χ2n) is 5.54. The van der Waals surface area contributed by atoms with Crippen molar-refractivity contribution in [3.63, 3.8) is 0 Å². The molecule has 0 amide bonds. The van der Waals surface area contributed by atoms with Crippen LogP contribution in [0.15, 0.2) is 36.4 Å². The van der Waals surface area contributed by atoms with Gasteiger partial charge in [-0.3, -0.25) is 0 Å². The van der Waals surface area contributed by atoms with Gasteiger partial charge in [0, 0.05) is 12.2 Å². The molecule has 2 rings (SSSR count). The fourth-order valence-electron chi connectivity index (χ4n) is 2.54. The van der Waals surface area contributed by atoms with Crippen LogP contribution in [0, 0.1) is 27.7 Å². The Morgan fingerprint density at radius 2 is 1.55 bits per heavy atom. The van der Waals surface area contributed by atoms with Crippen molar-refractivity contribution in [3.8, 4) is 0 Å². The Labute approximate surface area is 122 Å². The van der Waals surface area contributed by atoms with E-state index in [0.29, 0.717) is 6.54 Å². The number of rotatable bonds is 4. The van der Waals surface area contributed by atoms with Gasteiger partial charge in [0.05, 0.1) is 6.04 Å². The highest BCUT2D eigenvalue weighted by atomic mass is 14.9. The molecule has 1 unspecified atom stereocenters. The SMILES string of the molecule is Cc1cc(C)c(C(CN)Nc2ccccc2C)cc1C. The summed E-state index contributed by atoms with van der Waals surface area (Å²) in [7, 11) is 0. The van der Waals surface area contributed by atoms with Crippen LogP contribution < -0.4 is 11.1 Å². The number of benzene rings is 2. The first-order valence-corrected chi connectivity index (χ1v) is 7.13. The third-order valence-electron chi connectivity index (χ3n) is 3.97. The summed E-state index contributed by atoms with van der Waals surface area (Å²) in [4.78, 5) is 0. The van der Waals surface area contributed by atoms with Gasteiger partial charge in [-0.05, 0) is 61.6 Å². The predicted octanol–water partition coefficient (Wildman–Crippen LogP) is 4.03. The molecule has 0 heterocycles. The topological polar surface area (TPSA) is 38.0 Å². The second-order valence-corrected chi connectivity index (χ2v) is 5.54.